The summed E-state index contributed by atoms with van der Waals surface area (Å²) in [7, 11) is 0. The fourth-order valence-corrected chi connectivity index (χ4v) is 3.57. The number of imide groups is 1. The molecule has 0 unspecified atom stereocenters. The number of alkyl carbamates (subject to hydrolysis) is 2. The van der Waals surface area contributed by atoms with Gasteiger partial charge in [0.15, 0.2) is 0 Å². The van der Waals surface area contributed by atoms with Gasteiger partial charge < -0.3 is 40.9 Å². The fraction of sp³-hybridized carbons (Fsp3) is 0.714. The van der Waals surface area contributed by atoms with Crippen molar-refractivity contribution in [2.24, 2.45) is 0 Å². The Hall–Kier alpha value is -4.44. The Kier molecular flexibility index (Phi) is 15.8. The topological polar surface area (TPSA) is 228 Å². The molecule has 0 aromatic heterocycles. The van der Waals surface area contributed by atoms with Crippen molar-refractivity contribution >= 4 is 47.7 Å². The van der Waals surface area contributed by atoms with Crippen LogP contribution in [0, 0.1) is 0 Å². The predicted octanol–water partition coefficient (Wildman–Crippen LogP) is 0.311. The lowest BCUT2D eigenvalue weighted by Crippen LogP contribution is -2.49. The Balaban J connectivity index is 2.58. The van der Waals surface area contributed by atoms with Crippen LogP contribution in [0.2, 0.25) is 0 Å². The molecule has 254 valence electrons. The number of ether oxygens (including phenoxy) is 2. The van der Waals surface area contributed by atoms with E-state index in [4.69, 9.17) is 14.3 Å². The smallest absolute Gasteiger partial charge is 0.407 e. The van der Waals surface area contributed by atoms with Crippen LogP contribution in [0.25, 0.3) is 0 Å². The summed E-state index contributed by atoms with van der Waals surface area (Å²) in [6, 6.07) is -1.13. The zero-order valence-electron chi connectivity index (χ0n) is 26.8. The standard InChI is InChI=1S/C28H46N6O11/c1-27(2,3)43-25(41)31-16-14-29-19(35)11-10-18(24(40)30-15-17-32-26(42)44-28(4,5)6)33-20(36)8-7-9-23(39)45-34-21(37)12-13-22(34)38/h18H,7-17H2,1-6H3,(H,29,35)(H,30,40)(H,31,41)(H,32,42)(H,33,36)/t18-/m0/s1. The van der Waals surface area contributed by atoms with Gasteiger partial charge in [-0.05, 0) is 54.4 Å². The van der Waals surface area contributed by atoms with Crippen LogP contribution in [0.1, 0.15) is 86.5 Å². The summed E-state index contributed by atoms with van der Waals surface area (Å²) in [6.45, 7) is 10.5. The maximum atomic E-state index is 12.8. The molecule has 0 aromatic carbocycles. The number of hydroxylamine groups is 2. The lowest BCUT2D eigenvalue weighted by molar-refractivity contribution is -0.197. The number of hydrogen-bond donors (Lipinski definition) is 5. The highest BCUT2D eigenvalue weighted by Gasteiger charge is 2.32. The first-order valence-corrected chi connectivity index (χ1v) is 14.7. The van der Waals surface area contributed by atoms with Crippen molar-refractivity contribution in [3.8, 4) is 0 Å². The van der Waals surface area contributed by atoms with Crippen LogP contribution in [-0.2, 0) is 43.1 Å². The number of nitrogens with zero attached hydrogens (tertiary/aromatic N) is 1. The monoisotopic (exact) mass is 642 g/mol. The van der Waals surface area contributed by atoms with Crippen LogP contribution in [0.4, 0.5) is 9.59 Å². The molecule has 7 amide bonds. The molecular formula is C28H46N6O11. The van der Waals surface area contributed by atoms with E-state index in [1.807, 2.05) is 0 Å². The second kappa shape index (κ2) is 18.4. The molecule has 0 spiro atoms. The normalized spacial score (nSPS) is 13.8. The third-order valence-electron chi connectivity index (χ3n) is 5.50. The Morgan fingerprint density at radius 2 is 1.18 bits per heavy atom. The van der Waals surface area contributed by atoms with E-state index in [-0.39, 0.29) is 71.1 Å². The molecule has 0 saturated carbocycles. The molecule has 1 atom stereocenters. The van der Waals surface area contributed by atoms with E-state index in [0.717, 1.165) is 0 Å². The molecule has 17 heteroatoms. The van der Waals surface area contributed by atoms with Crippen molar-refractivity contribution in [3.05, 3.63) is 0 Å². The van der Waals surface area contributed by atoms with Gasteiger partial charge in [-0.1, -0.05) is 0 Å². The largest absolute Gasteiger partial charge is 0.444 e. The number of amides is 7. The first-order valence-electron chi connectivity index (χ1n) is 14.7. The number of hydrogen-bond acceptors (Lipinski definition) is 11. The molecule has 1 aliphatic heterocycles. The first-order chi connectivity index (χ1) is 20.9. The maximum absolute atomic E-state index is 12.8. The van der Waals surface area contributed by atoms with Crippen LogP contribution >= 0.6 is 0 Å². The summed E-state index contributed by atoms with van der Waals surface area (Å²) in [5.41, 5.74) is -1.37. The van der Waals surface area contributed by atoms with Crippen molar-refractivity contribution < 1.29 is 52.7 Å². The van der Waals surface area contributed by atoms with Gasteiger partial charge in [-0.2, -0.15) is 0 Å². The number of rotatable bonds is 16. The van der Waals surface area contributed by atoms with Gasteiger partial charge in [0.25, 0.3) is 11.8 Å². The van der Waals surface area contributed by atoms with Gasteiger partial charge in [-0.3, -0.25) is 24.0 Å². The molecule has 17 nitrogen and oxygen atoms in total. The molecule has 45 heavy (non-hydrogen) atoms. The van der Waals surface area contributed by atoms with Crippen LogP contribution < -0.4 is 26.6 Å². The zero-order chi connectivity index (χ0) is 34.2. The zero-order valence-corrected chi connectivity index (χ0v) is 26.8. The van der Waals surface area contributed by atoms with E-state index >= 15 is 0 Å². The molecule has 0 bridgehead atoms. The average Bonchev–Trinajstić information content (AvgIpc) is 3.21. The predicted molar refractivity (Wildman–Crippen MR) is 157 cm³/mol. The van der Waals surface area contributed by atoms with Crippen molar-refractivity contribution in [1.82, 2.24) is 31.6 Å². The lowest BCUT2D eigenvalue weighted by atomic mass is 10.1. The number of carbonyl (C=O) groups is 8. The van der Waals surface area contributed by atoms with Gasteiger partial charge in [-0.25, -0.2) is 14.4 Å². The molecule has 0 radical (unpaired) electrons. The van der Waals surface area contributed by atoms with Crippen LogP contribution in [-0.4, -0.2) is 96.2 Å². The third-order valence-corrected chi connectivity index (χ3v) is 5.50. The number of nitrogens with one attached hydrogen (secondary N) is 5. The summed E-state index contributed by atoms with van der Waals surface area (Å²) in [5, 5.41) is 13.1. The lowest BCUT2D eigenvalue weighted by Gasteiger charge is -2.20. The van der Waals surface area contributed by atoms with Crippen LogP contribution in [0.5, 0.6) is 0 Å². The summed E-state index contributed by atoms with van der Waals surface area (Å²) in [5.74, 6) is -3.75. The summed E-state index contributed by atoms with van der Waals surface area (Å²) >= 11 is 0. The Morgan fingerprint density at radius 3 is 1.69 bits per heavy atom. The number of carbonyl (C=O) groups excluding carboxylic acids is 8. The minimum Gasteiger partial charge on any atom is -0.444 e. The van der Waals surface area contributed by atoms with Gasteiger partial charge in [0.2, 0.25) is 17.7 Å². The molecule has 1 fully saturated rings. The highest BCUT2D eigenvalue weighted by molar-refractivity contribution is 6.01. The van der Waals surface area contributed by atoms with Gasteiger partial charge in [-0.15, -0.1) is 5.06 Å². The quantitative estimate of drug-likeness (QED) is 0.114. The van der Waals surface area contributed by atoms with Gasteiger partial charge >= 0.3 is 18.2 Å². The minimum absolute atomic E-state index is 0.000168. The first kappa shape index (κ1) is 38.6. The molecule has 1 heterocycles. The maximum Gasteiger partial charge on any atom is 0.407 e. The highest BCUT2D eigenvalue weighted by Crippen LogP contribution is 2.13. The molecule has 5 N–H and O–H groups in total. The van der Waals surface area contributed by atoms with E-state index in [1.165, 1.54) is 0 Å². The average molecular weight is 643 g/mol. The molecule has 1 rings (SSSR count). The van der Waals surface area contributed by atoms with E-state index in [1.54, 1.807) is 41.5 Å². The van der Waals surface area contributed by atoms with Crippen molar-refractivity contribution in [2.75, 3.05) is 26.2 Å². The summed E-state index contributed by atoms with van der Waals surface area (Å²) < 4.78 is 10.2. The second-order valence-electron chi connectivity index (χ2n) is 12.1. The van der Waals surface area contributed by atoms with Crippen LogP contribution in [0.3, 0.4) is 0 Å². The molecule has 0 aromatic rings. The van der Waals surface area contributed by atoms with Crippen LogP contribution in [0.15, 0.2) is 0 Å². The van der Waals surface area contributed by atoms with Gasteiger partial charge in [0.1, 0.15) is 17.2 Å². The molecule has 0 aliphatic carbocycles. The van der Waals surface area contributed by atoms with E-state index in [0.29, 0.717) is 5.06 Å². The van der Waals surface area contributed by atoms with E-state index in [2.05, 4.69) is 26.6 Å². The second-order valence-corrected chi connectivity index (χ2v) is 12.1. The van der Waals surface area contributed by atoms with Crippen molar-refractivity contribution in [2.45, 2.75) is 104 Å². The third kappa shape index (κ3) is 18.1. The minimum atomic E-state index is -1.13. The summed E-state index contributed by atoms with van der Waals surface area (Å²) in [6.07, 6.45) is -2.08. The van der Waals surface area contributed by atoms with E-state index in [9.17, 15) is 38.4 Å². The van der Waals surface area contributed by atoms with Gasteiger partial charge in [0.05, 0.1) is 0 Å². The molecular weight excluding hydrogens is 596 g/mol. The van der Waals surface area contributed by atoms with E-state index < -0.39 is 64.9 Å². The highest BCUT2D eigenvalue weighted by atomic mass is 16.7. The Labute approximate surface area is 262 Å². The molecule has 1 aliphatic rings. The van der Waals surface area contributed by atoms with Crippen molar-refractivity contribution in [1.29, 1.82) is 0 Å². The molecule has 1 saturated heterocycles. The van der Waals surface area contributed by atoms with Crippen molar-refractivity contribution in [3.63, 3.8) is 0 Å². The van der Waals surface area contributed by atoms with Gasteiger partial charge in [0, 0.05) is 58.3 Å². The Morgan fingerprint density at radius 1 is 0.689 bits per heavy atom. The Bertz CT molecular complexity index is 1080. The summed E-state index contributed by atoms with van der Waals surface area (Å²) in [4.78, 5) is 101. The fourth-order valence-electron chi connectivity index (χ4n) is 3.57. The SMILES string of the molecule is CC(C)(C)OC(=O)NCCNC(=O)CC[C@H](NC(=O)CCCC(=O)ON1C(=O)CCC1=O)C(=O)NCCNC(=O)OC(C)(C)C.